The third-order valence-electron chi connectivity index (χ3n) is 9.50. The number of rotatable bonds is 30. The zero-order valence-corrected chi connectivity index (χ0v) is 29.5. The summed E-state index contributed by atoms with van der Waals surface area (Å²) < 4.78 is 0. The molecule has 0 amide bonds. The van der Waals surface area contributed by atoms with Crippen LogP contribution in [0.5, 0.6) is 0 Å². The summed E-state index contributed by atoms with van der Waals surface area (Å²) in [6.07, 6.45) is 31.1. The lowest BCUT2D eigenvalue weighted by atomic mass is 9.79. The summed E-state index contributed by atoms with van der Waals surface area (Å²) in [5, 5.41) is 21.2. The zero-order valence-electron chi connectivity index (χ0n) is 29.5. The molecular formula is C40H70O4. The molecule has 0 aliphatic heterocycles. The summed E-state index contributed by atoms with van der Waals surface area (Å²) in [6.45, 7) is 8.93. The second-order valence-corrected chi connectivity index (χ2v) is 13.3. The fraction of sp³-hybridized carbons (Fsp3) is 0.800. The van der Waals surface area contributed by atoms with Crippen LogP contribution in [-0.4, -0.2) is 22.2 Å². The van der Waals surface area contributed by atoms with Crippen molar-refractivity contribution in [2.45, 2.75) is 207 Å². The highest BCUT2D eigenvalue weighted by Crippen LogP contribution is 2.34. The predicted octanol–water partition coefficient (Wildman–Crippen LogP) is 12.7. The van der Waals surface area contributed by atoms with Crippen molar-refractivity contribution in [3.63, 3.8) is 0 Å². The first-order valence-electron chi connectivity index (χ1n) is 19.1. The summed E-state index contributed by atoms with van der Waals surface area (Å²) >= 11 is 0. The smallest absolute Gasteiger partial charge is 0.336 e. The van der Waals surface area contributed by atoms with Crippen molar-refractivity contribution in [3.05, 3.63) is 33.4 Å². The summed E-state index contributed by atoms with van der Waals surface area (Å²) in [5.41, 5.74) is 4.36. The van der Waals surface area contributed by atoms with Crippen molar-refractivity contribution in [1.82, 2.24) is 0 Å². The standard InChI is InChI=1S/C40H70O4/c1-5-9-13-17-21-25-29-33-34(30-26-22-18-14-10-6-2)36(32-28-24-20-16-12-8-4)38(40(43)44)37(39(41)42)35(33)31-27-23-19-15-11-7-3/h5-32H2,1-4H3,(H,41,42)(H,43,44). The minimum absolute atomic E-state index is 0.111. The second-order valence-electron chi connectivity index (χ2n) is 13.3. The Hall–Kier alpha value is -1.84. The van der Waals surface area contributed by atoms with Gasteiger partial charge in [0.25, 0.3) is 0 Å². The molecule has 4 nitrogen and oxygen atoms in total. The molecule has 0 saturated carbocycles. The maximum absolute atomic E-state index is 12.9. The van der Waals surface area contributed by atoms with Crippen molar-refractivity contribution < 1.29 is 19.8 Å². The number of hydrogen-bond acceptors (Lipinski definition) is 2. The van der Waals surface area contributed by atoms with Gasteiger partial charge >= 0.3 is 11.9 Å². The molecule has 0 aliphatic rings. The van der Waals surface area contributed by atoms with E-state index < -0.39 is 11.9 Å². The van der Waals surface area contributed by atoms with Crippen molar-refractivity contribution in [2.24, 2.45) is 0 Å². The average molecular weight is 615 g/mol. The molecule has 0 heterocycles. The zero-order chi connectivity index (χ0) is 32.4. The van der Waals surface area contributed by atoms with Crippen LogP contribution in [-0.2, 0) is 25.7 Å². The number of benzene rings is 1. The van der Waals surface area contributed by atoms with Crippen LogP contribution in [0.3, 0.4) is 0 Å². The molecule has 0 saturated heterocycles. The molecule has 4 heteroatoms. The van der Waals surface area contributed by atoms with Crippen LogP contribution in [0.1, 0.15) is 225 Å². The van der Waals surface area contributed by atoms with Crippen LogP contribution in [0.25, 0.3) is 0 Å². The third kappa shape index (κ3) is 15.9. The van der Waals surface area contributed by atoms with E-state index >= 15 is 0 Å². The van der Waals surface area contributed by atoms with E-state index in [1.807, 2.05) is 0 Å². The molecule has 0 bridgehead atoms. The fourth-order valence-corrected chi connectivity index (χ4v) is 6.92. The van der Waals surface area contributed by atoms with E-state index in [9.17, 15) is 19.8 Å². The second kappa shape index (κ2) is 26.4. The van der Waals surface area contributed by atoms with E-state index in [0.717, 1.165) is 88.2 Å². The molecular weight excluding hydrogens is 544 g/mol. The van der Waals surface area contributed by atoms with Crippen molar-refractivity contribution >= 4 is 11.9 Å². The van der Waals surface area contributed by atoms with Crippen molar-refractivity contribution in [1.29, 1.82) is 0 Å². The maximum Gasteiger partial charge on any atom is 0.336 e. The van der Waals surface area contributed by atoms with E-state index in [0.29, 0.717) is 12.8 Å². The monoisotopic (exact) mass is 615 g/mol. The quantitative estimate of drug-likeness (QED) is 0.0845. The first kappa shape index (κ1) is 40.2. The van der Waals surface area contributed by atoms with Gasteiger partial charge in [0.15, 0.2) is 0 Å². The summed E-state index contributed by atoms with van der Waals surface area (Å²) in [5.74, 6) is -2.11. The van der Waals surface area contributed by atoms with Crippen LogP contribution >= 0.6 is 0 Å². The SMILES string of the molecule is CCCCCCCCc1c(CCCCCCCC)c(CCCCCCCC)c(C(=O)O)c(C(=O)O)c1CCCCCCCC. The van der Waals surface area contributed by atoms with Gasteiger partial charge in [-0.15, -0.1) is 0 Å². The number of carboxylic acids is 2. The topological polar surface area (TPSA) is 74.6 Å². The highest BCUT2D eigenvalue weighted by atomic mass is 16.4. The van der Waals surface area contributed by atoms with Gasteiger partial charge in [-0.1, -0.05) is 156 Å². The Balaban J connectivity index is 3.54. The molecule has 2 N–H and O–H groups in total. The lowest BCUT2D eigenvalue weighted by molar-refractivity contribution is 0.0649. The molecule has 0 radical (unpaired) electrons. The van der Waals surface area contributed by atoms with Gasteiger partial charge in [-0.25, -0.2) is 9.59 Å². The number of carbonyl (C=O) groups is 2. The van der Waals surface area contributed by atoms with Crippen LogP contribution in [0.4, 0.5) is 0 Å². The van der Waals surface area contributed by atoms with Crippen LogP contribution in [0.15, 0.2) is 0 Å². The minimum atomic E-state index is -1.05. The number of aromatic carboxylic acids is 2. The van der Waals surface area contributed by atoms with E-state index in [-0.39, 0.29) is 11.1 Å². The predicted molar refractivity (Wildman–Crippen MR) is 189 cm³/mol. The van der Waals surface area contributed by atoms with E-state index in [1.54, 1.807) is 0 Å². The van der Waals surface area contributed by atoms with E-state index in [4.69, 9.17) is 0 Å². The first-order chi connectivity index (χ1) is 21.4. The Kier molecular flexibility index (Phi) is 24.1. The average Bonchev–Trinajstić information content (AvgIpc) is 3.00. The molecule has 0 atom stereocenters. The molecule has 0 spiro atoms. The Morgan fingerprint density at radius 1 is 0.341 bits per heavy atom. The number of carboxylic acid groups (broad SMARTS) is 2. The van der Waals surface area contributed by atoms with Gasteiger partial charge < -0.3 is 10.2 Å². The van der Waals surface area contributed by atoms with Crippen LogP contribution in [0, 0.1) is 0 Å². The van der Waals surface area contributed by atoms with Gasteiger partial charge in [-0.05, 0) is 73.6 Å². The molecule has 0 unspecified atom stereocenters. The van der Waals surface area contributed by atoms with E-state index in [1.165, 1.54) is 101 Å². The van der Waals surface area contributed by atoms with Gasteiger partial charge in [0.05, 0.1) is 11.1 Å². The van der Waals surface area contributed by atoms with Crippen LogP contribution < -0.4 is 0 Å². The maximum atomic E-state index is 12.9. The lowest BCUT2D eigenvalue weighted by Crippen LogP contribution is -2.20. The Labute approximate surface area is 272 Å². The first-order valence-corrected chi connectivity index (χ1v) is 19.1. The number of unbranched alkanes of at least 4 members (excludes halogenated alkanes) is 20. The van der Waals surface area contributed by atoms with Gasteiger partial charge in [0, 0.05) is 0 Å². The largest absolute Gasteiger partial charge is 0.478 e. The molecule has 1 aromatic carbocycles. The van der Waals surface area contributed by atoms with Gasteiger partial charge in [-0.3, -0.25) is 0 Å². The van der Waals surface area contributed by atoms with E-state index in [2.05, 4.69) is 27.7 Å². The van der Waals surface area contributed by atoms with Gasteiger partial charge in [0.2, 0.25) is 0 Å². The molecule has 1 aromatic rings. The molecule has 0 aliphatic carbocycles. The normalized spacial score (nSPS) is 11.4. The summed E-state index contributed by atoms with van der Waals surface area (Å²) in [6, 6.07) is 0. The third-order valence-corrected chi connectivity index (χ3v) is 9.50. The minimum Gasteiger partial charge on any atom is -0.478 e. The Morgan fingerprint density at radius 3 is 0.773 bits per heavy atom. The van der Waals surface area contributed by atoms with Gasteiger partial charge in [-0.2, -0.15) is 0 Å². The number of hydrogen-bond donors (Lipinski definition) is 2. The summed E-state index contributed by atoms with van der Waals surface area (Å²) in [7, 11) is 0. The highest BCUT2D eigenvalue weighted by Gasteiger charge is 2.29. The summed E-state index contributed by atoms with van der Waals surface area (Å²) in [4.78, 5) is 25.9. The molecule has 0 fully saturated rings. The molecule has 44 heavy (non-hydrogen) atoms. The molecule has 1 rings (SSSR count). The molecule has 0 aromatic heterocycles. The van der Waals surface area contributed by atoms with Gasteiger partial charge in [0.1, 0.15) is 0 Å². The Bertz CT molecular complexity index is 830. The highest BCUT2D eigenvalue weighted by molar-refractivity contribution is 6.04. The Morgan fingerprint density at radius 2 is 0.545 bits per heavy atom. The fourth-order valence-electron chi connectivity index (χ4n) is 6.92. The lowest BCUT2D eigenvalue weighted by Gasteiger charge is -2.25. The van der Waals surface area contributed by atoms with Crippen molar-refractivity contribution in [3.8, 4) is 0 Å². The van der Waals surface area contributed by atoms with Crippen molar-refractivity contribution in [2.75, 3.05) is 0 Å². The van der Waals surface area contributed by atoms with Crippen LogP contribution in [0.2, 0.25) is 0 Å². The molecule has 254 valence electrons.